The zero-order chi connectivity index (χ0) is 19.4. The number of anilines is 1. The van der Waals surface area contributed by atoms with Gasteiger partial charge >= 0.3 is 5.97 Å². The Morgan fingerprint density at radius 1 is 1.12 bits per heavy atom. The molecule has 1 unspecified atom stereocenters. The third-order valence-corrected chi connectivity index (χ3v) is 4.00. The van der Waals surface area contributed by atoms with Gasteiger partial charge in [-0.15, -0.1) is 0 Å². The number of carbonyl (C=O) groups is 2. The highest BCUT2D eigenvalue weighted by molar-refractivity contribution is 6.36. The van der Waals surface area contributed by atoms with Crippen LogP contribution in [0.3, 0.4) is 0 Å². The van der Waals surface area contributed by atoms with E-state index in [1.165, 1.54) is 31.2 Å². The number of halogens is 3. The fourth-order valence-electron chi connectivity index (χ4n) is 1.93. The molecule has 2 aromatic rings. The fraction of sp³-hybridized carbons (Fsp3) is 0.125. The molecule has 0 aromatic heterocycles. The van der Waals surface area contributed by atoms with E-state index < -0.39 is 28.6 Å². The molecule has 0 saturated carbocycles. The maximum absolute atomic E-state index is 12.2. The lowest BCUT2D eigenvalue weighted by Crippen LogP contribution is -2.30. The molecule has 0 radical (unpaired) electrons. The minimum atomic E-state index is -1.23. The molecule has 2 aromatic carbocycles. The molecule has 136 valence electrons. The standard InChI is InChI=1S/C16H11Cl3N2O5/c1-8(15(22)20-13-5-3-9(17)6-12(13)19)26-16(23)11-4-2-10(18)7-14(11)21(24)25/h2-8H,1H3,(H,20,22). The van der Waals surface area contributed by atoms with Gasteiger partial charge in [0.2, 0.25) is 0 Å². The number of benzene rings is 2. The number of nitro groups is 1. The number of nitro benzene ring substituents is 1. The zero-order valence-electron chi connectivity index (χ0n) is 13.2. The number of hydrogen-bond acceptors (Lipinski definition) is 5. The van der Waals surface area contributed by atoms with E-state index in [1.807, 2.05) is 0 Å². The van der Waals surface area contributed by atoms with E-state index in [1.54, 1.807) is 0 Å². The predicted octanol–water partition coefficient (Wildman–Crippen LogP) is 4.74. The molecule has 0 spiro atoms. The Labute approximate surface area is 162 Å². The van der Waals surface area contributed by atoms with Crippen LogP contribution >= 0.6 is 34.8 Å². The third-order valence-electron chi connectivity index (χ3n) is 3.22. The lowest BCUT2D eigenvalue weighted by atomic mass is 10.2. The van der Waals surface area contributed by atoms with Crippen LogP contribution in [0.5, 0.6) is 0 Å². The van der Waals surface area contributed by atoms with Crippen molar-refractivity contribution in [1.82, 2.24) is 0 Å². The van der Waals surface area contributed by atoms with Crippen molar-refractivity contribution in [1.29, 1.82) is 0 Å². The van der Waals surface area contributed by atoms with Gasteiger partial charge in [-0.1, -0.05) is 34.8 Å². The highest BCUT2D eigenvalue weighted by Crippen LogP contribution is 2.26. The van der Waals surface area contributed by atoms with Gasteiger partial charge in [-0.25, -0.2) is 4.79 Å². The van der Waals surface area contributed by atoms with Gasteiger partial charge in [-0.2, -0.15) is 0 Å². The van der Waals surface area contributed by atoms with E-state index in [0.717, 1.165) is 12.1 Å². The van der Waals surface area contributed by atoms with Crippen LogP contribution in [0.1, 0.15) is 17.3 Å². The second-order valence-electron chi connectivity index (χ2n) is 5.08. The summed E-state index contributed by atoms with van der Waals surface area (Å²) in [4.78, 5) is 34.6. The summed E-state index contributed by atoms with van der Waals surface area (Å²) in [5.74, 6) is -1.70. The van der Waals surface area contributed by atoms with Crippen molar-refractivity contribution in [2.45, 2.75) is 13.0 Å². The van der Waals surface area contributed by atoms with Crippen LogP contribution < -0.4 is 5.32 Å². The van der Waals surface area contributed by atoms with Crippen LogP contribution in [-0.4, -0.2) is 22.9 Å². The molecular weight excluding hydrogens is 407 g/mol. The van der Waals surface area contributed by atoms with Gasteiger partial charge < -0.3 is 10.1 Å². The molecular formula is C16H11Cl3N2O5. The molecule has 0 bridgehead atoms. The summed E-state index contributed by atoms with van der Waals surface area (Å²) < 4.78 is 5.00. The molecule has 1 atom stereocenters. The topological polar surface area (TPSA) is 98.5 Å². The Hall–Kier alpha value is -2.35. The molecule has 0 aliphatic heterocycles. The average Bonchev–Trinajstić information content (AvgIpc) is 2.56. The summed E-state index contributed by atoms with van der Waals surface area (Å²) in [5, 5.41) is 14.2. The quantitative estimate of drug-likeness (QED) is 0.430. The van der Waals surface area contributed by atoms with Crippen LogP contribution in [0.2, 0.25) is 15.1 Å². The van der Waals surface area contributed by atoms with Crippen molar-refractivity contribution < 1.29 is 19.2 Å². The summed E-state index contributed by atoms with van der Waals surface area (Å²) in [7, 11) is 0. The minimum Gasteiger partial charge on any atom is -0.449 e. The van der Waals surface area contributed by atoms with Gasteiger partial charge in [-0.05, 0) is 37.3 Å². The molecule has 0 aliphatic rings. The highest BCUT2D eigenvalue weighted by atomic mass is 35.5. The SMILES string of the molecule is CC(OC(=O)c1ccc(Cl)cc1[N+](=O)[O-])C(=O)Nc1ccc(Cl)cc1Cl. The number of carbonyl (C=O) groups excluding carboxylic acids is 2. The summed E-state index contributed by atoms with van der Waals surface area (Å²) in [6.07, 6.45) is -1.23. The molecule has 0 heterocycles. The van der Waals surface area contributed by atoms with Crippen LogP contribution in [-0.2, 0) is 9.53 Å². The maximum Gasteiger partial charge on any atom is 0.345 e. The Balaban J connectivity index is 2.11. The number of nitrogens with one attached hydrogen (secondary N) is 1. The molecule has 0 aliphatic carbocycles. The molecule has 7 nitrogen and oxygen atoms in total. The molecule has 0 fully saturated rings. The average molecular weight is 418 g/mol. The van der Waals surface area contributed by atoms with Crippen LogP contribution in [0.4, 0.5) is 11.4 Å². The number of rotatable bonds is 5. The zero-order valence-corrected chi connectivity index (χ0v) is 15.4. The first kappa shape index (κ1) is 20.0. The van der Waals surface area contributed by atoms with Crippen molar-refractivity contribution in [3.63, 3.8) is 0 Å². The first-order valence-corrected chi connectivity index (χ1v) is 8.23. The minimum absolute atomic E-state index is 0.0939. The number of esters is 1. The number of hydrogen-bond donors (Lipinski definition) is 1. The Kier molecular flexibility index (Phi) is 6.42. The van der Waals surface area contributed by atoms with Crippen molar-refractivity contribution in [3.8, 4) is 0 Å². The summed E-state index contributed by atoms with van der Waals surface area (Å²) in [5.41, 5.74) is -0.555. The second kappa shape index (κ2) is 8.35. The van der Waals surface area contributed by atoms with E-state index in [-0.39, 0.29) is 21.3 Å². The lowest BCUT2D eigenvalue weighted by Gasteiger charge is -2.14. The van der Waals surface area contributed by atoms with Crippen molar-refractivity contribution in [2.24, 2.45) is 0 Å². The van der Waals surface area contributed by atoms with E-state index in [2.05, 4.69) is 5.32 Å². The summed E-state index contributed by atoms with van der Waals surface area (Å²) in [6.45, 7) is 1.32. The number of ether oxygens (including phenoxy) is 1. The molecule has 10 heteroatoms. The predicted molar refractivity (Wildman–Crippen MR) is 98.1 cm³/mol. The van der Waals surface area contributed by atoms with E-state index in [4.69, 9.17) is 39.5 Å². The van der Waals surface area contributed by atoms with E-state index in [0.29, 0.717) is 5.02 Å². The van der Waals surface area contributed by atoms with E-state index in [9.17, 15) is 19.7 Å². The van der Waals surface area contributed by atoms with Gasteiger partial charge in [0.15, 0.2) is 6.10 Å². The largest absolute Gasteiger partial charge is 0.449 e. The highest BCUT2D eigenvalue weighted by Gasteiger charge is 2.26. The molecule has 1 N–H and O–H groups in total. The Morgan fingerprint density at radius 3 is 2.35 bits per heavy atom. The fourth-order valence-corrected chi connectivity index (χ4v) is 2.55. The van der Waals surface area contributed by atoms with Crippen molar-refractivity contribution in [2.75, 3.05) is 5.32 Å². The molecule has 1 amide bonds. The molecule has 26 heavy (non-hydrogen) atoms. The maximum atomic E-state index is 12.2. The first-order valence-electron chi connectivity index (χ1n) is 7.10. The Bertz CT molecular complexity index is 888. The number of amides is 1. The van der Waals surface area contributed by atoms with Crippen molar-refractivity contribution in [3.05, 3.63) is 67.1 Å². The van der Waals surface area contributed by atoms with Crippen LogP contribution in [0.25, 0.3) is 0 Å². The van der Waals surface area contributed by atoms with Gasteiger partial charge in [0, 0.05) is 16.1 Å². The van der Waals surface area contributed by atoms with Crippen LogP contribution in [0, 0.1) is 10.1 Å². The first-order chi connectivity index (χ1) is 12.2. The van der Waals surface area contributed by atoms with Gasteiger partial charge in [0.25, 0.3) is 11.6 Å². The van der Waals surface area contributed by atoms with Gasteiger partial charge in [-0.3, -0.25) is 14.9 Å². The van der Waals surface area contributed by atoms with Gasteiger partial charge in [0.1, 0.15) is 5.56 Å². The summed E-state index contributed by atoms with van der Waals surface area (Å²) in [6, 6.07) is 7.94. The smallest absolute Gasteiger partial charge is 0.345 e. The summed E-state index contributed by atoms with van der Waals surface area (Å²) >= 11 is 17.4. The Morgan fingerprint density at radius 2 is 1.73 bits per heavy atom. The number of nitrogens with zero attached hydrogens (tertiary/aromatic N) is 1. The molecule has 2 rings (SSSR count). The van der Waals surface area contributed by atoms with E-state index >= 15 is 0 Å². The van der Waals surface area contributed by atoms with Crippen LogP contribution in [0.15, 0.2) is 36.4 Å². The molecule has 0 saturated heterocycles. The third kappa shape index (κ3) is 4.85. The van der Waals surface area contributed by atoms with Gasteiger partial charge in [0.05, 0.1) is 15.6 Å². The second-order valence-corrected chi connectivity index (χ2v) is 6.36. The normalized spacial score (nSPS) is 11.5. The van der Waals surface area contributed by atoms with Crippen molar-refractivity contribution >= 4 is 58.1 Å². The lowest BCUT2D eigenvalue weighted by molar-refractivity contribution is -0.385. The monoisotopic (exact) mass is 416 g/mol.